The zero-order chi connectivity index (χ0) is 14.0. The van der Waals surface area contributed by atoms with Crippen LogP contribution >= 0.6 is 0 Å². The lowest BCUT2D eigenvalue weighted by Crippen LogP contribution is -2.40. The van der Waals surface area contributed by atoms with Gasteiger partial charge >= 0.3 is 0 Å². The first-order chi connectivity index (χ1) is 8.98. The van der Waals surface area contributed by atoms with Crippen molar-refractivity contribution in [1.82, 2.24) is 13.9 Å². The molecule has 0 aromatic carbocycles. The van der Waals surface area contributed by atoms with E-state index in [0.29, 0.717) is 18.9 Å². The number of sulfonamides is 1. The molecule has 106 valence electrons. The number of piperidine rings is 1. The highest BCUT2D eigenvalue weighted by atomic mass is 32.2. The number of hydrogen-bond donors (Lipinski definition) is 0. The molecule has 0 saturated carbocycles. The van der Waals surface area contributed by atoms with Crippen LogP contribution in [-0.4, -0.2) is 41.6 Å². The van der Waals surface area contributed by atoms with Crippen LogP contribution in [0.15, 0.2) is 11.2 Å². The highest BCUT2D eigenvalue weighted by Crippen LogP contribution is 2.22. The summed E-state index contributed by atoms with van der Waals surface area (Å²) in [5.74, 6) is 0.489. The van der Waals surface area contributed by atoms with Gasteiger partial charge in [-0.2, -0.15) is 4.31 Å². The van der Waals surface area contributed by atoms with Crippen molar-refractivity contribution in [3.8, 4) is 0 Å². The van der Waals surface area contributed by atoms with Crippen LogP contribution < -0.4 is 0 Å². The molecule has 1 unspecified atom stereocenters. The lowest BCUT2D eigenvalue weighted by molar-refractivity contribution is -0.112. The van der Waals surface area contributed by atoms with Crippen LogP contribution in [0.1, 0.15) is 25.6 Å². The summed E-state index contributed by atoms with van der Waals surface area (Å²) < 4.78 is 28.1. The number of carbonyl (C=O) groups is 1. The Morgan fingerprint density at radius 2 is 2.26 bits per heavy atom. The second kappa shape index (κ2) is 5.42. The topological polar surface area (TPSA) is 72.3 Å². The summed E-state index contributed by atoms with van der Waals surface area (Å²) in [6.45, 7) is 5.14. The average Bonchev–Trinajstić information content (AvgIpc) is 2.80. The first-order valence-electron chi connectivity index (χ1n) is 6.48. The van der Waals surface area contributed by atoms with E-state index in [1.807, 2.05) is 6.92 Å². The fraction of sp³-hybridized carbons (Fsp3) is 0.667. The quantitative estimate of drug-likeness (QED) is 0.767. The van der Waals surface area contributed by atoms with Crippen molar-refractivity contribution < 1.29 is 13.2 Å². The molecule has 0 amide bonds. The summed E-state index contributed by atoms with van der Waals surface area (Å²) in [4.78, 5) is 15.0. The molecule has 1 fully saturated rings. The number of carbonyl (C=O) groups excluding carboxylic acids is 1. The van der Waals surface area contributed by atoms with Crippen LogP contribution in [-0.2, 0) is 21.4 Å². The predicted octanol–water partition coefficient (Wildman–Crippen LogP) is 0.811. The Bertz CT molecular complexity index is 565. The zero-order valence-corrected chi connectivity index (χ0v) is 12.1. The van der Waals surface area contributed by atoms with Gasteiger partial charge in [-0.15, -0.1) is 0 Å². The molecule has 0 N–H and O–H groups in total. The standard InChI is InChI=1S/C12H19N3O3S/c1-3-14-8-12(13-10(14)2)19(17,18)15-6-4-5-11(7-15)9-16/h8-9,11H,3-7H2,1-2H3. The maximum Gasteiger partial charge on any atom is 0.262 e. The van der Waals surface area contributed by atoms with Crippen molar-refractivity contribution in [1.29, 1.82) is 0 Å². The summed E-state index contributed by atoms with van der Waals surface area (Å²) in [5, 5.41) is 0.0819. The molecule has 0 aliphatic carbocycles. The van der Waals surface area contributed by atoms with Crippen LogP contribution in [0.3, 0.4) is 0 Å². The number of aldehydes is 1. The zero-order valence-electron chi connectivity index (χ0n) is 11.2. The summed E-state index contributed by atoms with van der Waals surface area (Å²) in [6.07, 6.45) is 3.89. The summed E-state index contributed by atoms with van der Waals surface area (Å²) >= 11 is 0. The maximum atomic E-state index is 12.5. The Morgan fingerprint density at radius 1 is 1.53 bits per heavy atom. The van der Waals surface area contributed by atoms with Crippen LogP contribution in [0.25, 0.3) is 0 Å². The van der Waals surface area contributed by atoms with Crippen LogP contribution in [0.2, 0.25) is 0 Å². The minimum Gasteiger partial charge on any atom is -0.334 e. The number of nitrogens with zero attached hydrogens (tertiary/aromatic N) is 3. The average molecular weight is 285 g/mol. The van der Waals surface area contributed by atoms with Gasteiger partial charge in [-0.25, -0.2) is 13.4 Å². The number of rotatable bonds is 4. The molecule has 1 aliphatic rings. The molecule has 0 radical (unpaired) electrons. The largest absolute Gasteiger partial charge is 0.334 e. The third-order valence-corrected chi connectivity index (χ3v) is 5.25. The van der Waals surface area contributed by atoms with E-state index in [4.69, 9.17) is 0 Å². The highest BCUT2D eigenvalue weighted by molar-refractivity contribution is 7.89. The van der Waals surface area contributed by atoms with Crippen molar-refractivity contribution in [3.63, 3.8) is 0 Å². The number of imidazole rings is 1. The normalized spacial score (nSPS) is 21.5. The van der Waals surface area contributed by atoms with E-state index in [1.54, 1.807) is 17.7 Å². The van der Waals surface area contributed by atoms with E-state index >= 15 is 0 Å². The molecule has 1 saturated heterocycles. The third-order valence-electron chi connectivity index (χ3n) is 3.51. The van der Waals surface area contributed by atoms with Gasteiger partial charge in [-0.1, -0.05) is 0 Å². The fourth-order valence-corrected chi connectivity index (χ4v) is 3.89. The highest BCUT2D eigenvalue weighted by Gasteiger charge is 2.31. The Morgan fingerprint density at radius 3 is 2.84 bits per heavy atom. The minimum absolute atomic E-state index is 0.0819. The minimum atomic E-state index is -3.57. The van der Waals surface area contributed by atoms with E-state index in [2.05, 4.69) is 4.98 Å². The molecule has 0 bridgehead atoms. The molecular weight excluding hydrogens is 266 g/mol. The number of aryl methyl sites for hydroxylation is 2. The smallest absolute Gasteiger partial charge is 0.262 e. The molecule has 7 heteroatoms. The van der Waals surface area contributed by atoms with Gasteiger partial charge in [0.25, 0.3) is 10.0 Å². The molecule has 0 spiro atoms. The third kappa shape index (κ3) is 2.71. The summed E-state index contributed by atoms with van der Waals surface area (Å²) in [6, 6.07) is 0. The van der Waals surface area contributed by atoms with Gasteiger partial charge < -0.3 is 9.36 Å². The van der Waals surface area contributed by atoms with Gasteiger partial charge in [0, 0.05) is 31.7 Å². The summed E-state index contributed by atoms with van der Waals surface area (Å²) in [5.41, 5.74) is 0. The molecule has 1 aromatic heterocycles. The van der Waals surface area contributed by atoms with Gasteiger partial charge in [-0.05, 0) is 26.7 Å². The lowest BCUT2D eigenvalue weighted by atomic mass is 10.0. The maximum absolute atomic E-state index is 12.5. The van der Waals surface area contributed by atoms with Crippen LogP contribution in [0.4, 0.5) is 0 Å². The van der Waals surface area contributed by atoms with Gasteiger partial charge in [-0.3, -0.25) is 0 Å². The van der Waals surface area contributed by atoms with E-state index in [9.17, 15) is 13.2 Å². The van der Waals surface area contributed by atoms with Gasteiger partial charge in [0.2, 0.25) is 0 Å². The second-order valence-electron chi connectivity index (χ2n) is 4.81. The molecule has 1 atom stereocenters. The predicted molar refractivity (Wildman–Crippen MR) is 70.2 cm³/mol. The SMILES string of the molecule is CCn1cc(S(=O)(=O)N2CCCC(C=O)C2)nc1C. The molecule has 1 aliphatic heterocycles. The van der Waals surface area contributed by atoms with Crippen molar-refractivity contribution >= 4 is 16.3 Å². The van der Waals surface area contributed by atoms with Crippen molar-refractivity contribution in [2.75, 3.05) is 13.1 Å². The molecule has 19 heavy (non-hydrogen) atoms. The van der Waals surface area contributed by atoms with Crippen molar-refractivity contribution in [3.05, 3.63) is 12.0 Å². The molecule has 1 aromatic rings. The van der Waals surface area contributed by atoms with Gasteiger partial charge in [0.15, 0.2) is 5.03 Å². The molecule has 2 heterocycles. The van der Waals surface area contributed by atoms with E-state index in [0.717, 1.165) is 19.1 Å². The lowest BCUT2D eigenvalue weighted by Gasteiger charge is -2.28. The first-order valence-corrected chi connectivity index (χ1v) is 7.92. The number of hydrogen-bond acceptors (Lipinski definition) is 4. The monoisotopic (exact) mass is 285 g/mol. The Balaban J connectivity index is 2.28. The van der Waals surface area contributed by atoms with E-state index in [1.165, 1.54) is 4.31 Å². The molecular formula is C12H19N3O3S. The van der Waals surface area contributed by atoms with Crippen LogP contribution in [0.5, 0.6) is 0 Å². The number of aromatic nitrogens is 2. The van der Waals surface area contributed by atoms with Crippen LogP contribution in [0, 0.1) is 12.8 Å². The molecule has 6 nitrogen and oxygen atoms in total. The fourth-order valence-electron chi connectivity index (χ4n) is 2.36. The van der Waals surface area contributed by atoms with Gasteiger partial charge in [0.05, 0.1) is 0 Å². The Hall–Kier alpha value is -1.21. The molecule has 2 rings (SSSR count). The Kier molecular flexibility index (Phi) is 4.05. The Labute approximate surface area is 113 Å². The van der Waals surface area contributed by atoms with Gasteiger partial charge in [0.1, 0.15) is 12.1 Å². The van der Waals surface area contributed by atoms with E-state index in [-0.39, 0.29) is 17.5 Å². The van der Waals surface area contributed by atoms with Crippen molar-refractivity contribution in [2.45, 2.75) is 38.3 Å². The van der Waals surface area contributed by atoms with Crippen molar-refractivity contribution in [2.24, 2.45) is 5.92 Å². The first kappa shape index (κ1) is 14.2. The summed E-state index contributed by atoms with van der Waals surface area (Å²) in [7, 11) is -3.57. The van der Waals surface area contributed by atoms with E-state index < -0.39 is 10.0 Å². The second-order valence-corrected chi connectivity index (χ2v) is 6.70.